The quantitative estimate of drug-likeness (QED) is 0.617. The third-order valence-corrected chi connectivity index (χ3v) is 2.08. The van der Waals surface area contributed by atoms with Crippen LogP contribution in [-0.4, -0.2) is 15.8 Å². The highest BCUT2D eigenvalue weighted by Crippen LogP contribution is 1.99. The Labute approximate surface area is 93.9 Å². The van der Waals surface area contributed by atoms with Crippen LogP contribution >= 0.6 is 0 Å². The van der Waals surface area contributed by atoms with Gasteiger partial charge in [0, 0.05) is 18.6 Å². The first-order chi connectivity index (χ1) is 7.86. The third-order valence-electron chi connectivity index (χ3n) is 2.08. The first-order valence-electron chi connectivity index (χ1n) is 4.96. The Hall–Kier alpha value is -2.23. The Morgan fingerprint density at radius 2 is 2.12 bits per heavy atom. The van der Waals surface area contributed by atoms with E-state index in [2.05, 4.69) is 15.0 Å². The molecule has 2 N–H and O–H groups in total. The van der Waals surface area contributed by atoms with E-state index in [0.717, 1.165) is 5.56 Å². The molecule has 4 nitrogen and oxygen atoms in total. The van der Waals surface area contributed by atoms with Gasteiger partial charge in [0.1, 0.15) is 11.5 Å². The van der Waals surface area contributed by atoms with Gasteiger partial charge in [-0.1, -0.05) is 12.1 Å². The summed E-state index contributed by atoms with van der Waals surface area (Å²) < 4.78 is 0. The maximum atomic E-state index is 5.81. The fraction of sp³-hybridized carbons (Fsp3) is 0.0833. The van der Waals surface area contributed by atoms with E-state index in [9.17, 15) is 0 Å². The summed E-state index contributed by atoms with van der Waals surface area (Å²) in [5, 5.41) is 0. The molecule has 0 aromatic carbocycles. The summed E-state index contributed by atoms with van der Waals surface area (Å²) in [5.74, 6) is 0.449. The van der Waals surface area contributed by atoms with Gasteiger partial charge < -0.3 is 5.73 Å². The zero-order valence-electron chi connectivity index (χ0n) is 8.74. The number of amidine groups is 1. The van der Waals surface area contributed by atoms with E-state index < -0.39 is 0 Å². The Morgan fingerprint density at radius 3 is 2.81 bits per heavy atom. The van der Waals surface area contributed by atoms with Crippen molar-refractivity contribution in [3.8, 4) is 0 Å². The number of pyridine rings is 2. The Morgan fingerprint density at radius 1 is 1.19 bits per heavy atom. The second kappa shape index (κ2) is 5.02. The molecule has 0 spiro atoms. The van der Waals surface area contributed by atoms with Crippen molar-refractivity contribution in [1.29, 1.82) is 0 Å². The highest BCUT2D eigenvalue weighted by Gasteiger charge is 1.97. The molecule has 0 aliphatic rings. The van der Waals surface area contributed by atoms with Crippen molar-refractivity contribution >= 4 is 5.84 Å². The highest BCUT2D eigenvalue weighted by atomic mass is 14.9. The maximum Gasteiger partial charge on any atom is 0.144 e. The Bertz CT molecular complexity index is 465. The van der Waals surface area contributed by atoms with Crippen molar-refractivity contribution in [2.75, 3.05) is 0 Å². The van der Waals surface area contributed by atoms with Gasteiger partial charge in [0.2, 0.25) is 0 Å². The molecule has 0 amide bonds. The minimum Gasteiger partial charge on any atom is -0.382 e. The van der Waals surface area contributed by atoms with Crippen LogP contribution in [0.2, 0.25) is 0 Å². The number of aromatic nitrogens is 2. The minimum atomic E-state index is 0.449. The molecule has 0 bridgehead atoms. The van der Waals surface area contributed by atoms with E-state index in [0.29, 0.717) is 18.1 Å². The zero-order valence-corrected chi connectivity index (χ0v) is 8.74. The van der Waals surface area contributed by atoms with Crippen LogP contribution in [-0.2, 0) is 6.54 Å². The predicted octanol–water partition coefficient (Wildman–Crippen LogP) is 1.38. The van der Waals surface area contributed by atoms with Crippen LogP contribution in [0.25, 0.3) is 0 Å². The SMILES string of the molecule is NC(=NCc1cccnc1)c1ccccn1. The van der Waals surface area contributed by atoms with Gasteiger partial charge >= 0.3 is 0 Å². The largest absolute Gasteiger partial charge is 0.382 e. The average Bonchev–Trinajstić information content (AvgIpc) is 2.38. The van der Waals surface area contributed by atoms with E-state index >= 15 is 0 Å². The van der Waals surface area contributed by atoms with E-state index in [1.807, 2.05) is 30.3 Å². The van der Waals surface area contributed by atoms with Gasteiger partial charge in [-0.3, -0.25) is 15.0 Å². The fourth-order valence-electron chi connectivity index (χ4n) is 1.26. The maximum absolute atomic E-state index is 5.81. The third kappa shape index (κ3) is 2.63. The van der Waals surface area contributed by atoms with Crippen molar-refractivity contribution in [3.63, 3.8) is 0 Å². The molecule has 0 unspecified atom stereocenters. The zero-order chi connectivity index (χ0) is 11.2. The lowest BCUT2D eigenvalue weighted by Crippen LogP contribution is -2.15. The van der Waals surface area contributed by atoms with E-state index in [4.69, 9.17) is 5.73 Å². The van der Waals surface area contributed by atoms with Crippen LogP contribution in [0.4, 0.5) is 0 Å². The molecule has 0 aliphatic carbocycles. The molecule has 2 rings (SSSR count). The lowest BCUT2D eigenvalue weighted by Gasteiger charge is -1.99. The molecule has 0 atom stereocenters. The number of hydrogen-bond acceptors (Lipinski definition) is 3. The van der Waals surface area contributed by atoms with Crippen molar-refractivity contribution in [3.05, 3.63) is 60.2 Å². The summed E-state index contributed by atoms with van der Waals surface area (Å²) >= 11 is 0. The summed E-state index contributed by atoms with van der Waals surface area (Å²) in [4.78, 5) is 12.4. The predicted molar refractivity (Wildman–Crippen MR) is 62.9 cm³/mol. The van der Waals surface area contributed by atoms with Crippen molar-refractivity contribution in [2.45, 2.75) is 6.54 Å². The highest BCUT2D eigenvalue weighted by molar-refractivity contribution is 5.95. The summed E-state index contributed by atoms with van der Waals surface area (Å²) in [6, 6.07) is 9.40. The lowest BCUT2D eigenvalue weighted by atomic mass is 10.3. The molecule has 2 aromatic rings. The topological polar surface area (TPSA) is 64.2 Å². The first kappa shape index (κ1) is 10.3. The van der Waals surface area contributed by atoms with E-state index in [-0.39, 0.29) is 0 Å². The number of hydrogen-bond donors (Lipinski definition) is 1. The molecule has 0 radical (unpaired) electrons. The molecule has 0 saturated heterocycles. The molecular weight excluding hydrogens is 200 g/mol. The van der Waals surface area contributed by atoms with Gasteiger partial charge in [-0.2, -0.15) is 0 Å². The first-order valence-corrected chi connectivity index (χ1v) is 4.96. The molecule has 80 valence electrons. The minimum absolute atomic E-state index is 0.449. The van der Waals surface area contributed by atoms with Gasteiger partial charge in [-0.05, 0) is 23.8 Å². The van der Waals surface area contributed by atoms with Crippen molar-refractivity contribution in [2.24, 2.45) is 10.7 Å². The second-order valence-corrected chi connectivity index (χ2v) is 3.28. The second-order valence-electron chi connectivity index (χ2n) is 3.28. The molecule has 0 saturated carbocycles. The van der Waals surface area contributed by atoms with Crippen LogP contribution in [0.15, 0.2) is 53.9 Å². The monoisotopic (exact) mass is 212 g/mol. The molecular formula is C12H12N4. The molecule has 0 aliphatic heterocycles. The smallest absolute Gasteiger partial charge is 0.144 e. The van der Waals surface area contributed by atoms with Crippen molar-refractivity contribution in [1.82, 2.24) is 9.97 Å². The van der Waals surface area contributed by atoms with Crippen LogP contribution in [0.5, 0.6) is 0 Å². The summed E-state index contributed by atoms with van der Waals surface area (Å²) in [6.45, 7) is 0.524. The van der Waals surface area contributed by atoms with Crippen LogP contribution in [0.3, 0.4) is 0 Å². The van der Waals surface area contributed by atoms with Gasteiger partial charge in [-0.15, -0.1) is 0 Å². The number of rotatable bonds is 3. The average molecular weight is 212 g/mol. The normalized spacial score (nSPS) is 11.4. The van der Waals surface area contributed by atoms with Gasteiger partial charge in [0.25, 0.3) is 0 Å². The summed E-state index contributed by atoms with van der Waals surface area (Å²) in [5.41, 5.74) is 7.54. The van der Waals surface area contributed by atoms with Gasteiger partial charge in [0.05, 0.1) is 6.54 Å². The van der Waals surface area contributed by atoms with Crippen LogP contribution in [0, 0.1) is 0 Å². The van der Waals surface area contributed by atoms with Crippen LogP contribution < -0.4 is 5.73 Å². The fourth-order valence-corrected chi connectivity index (χ4v) is 1.26. The number of aliphatic imine (C=N–C) groups is 1. The standard InChI is InChI=1S/C12H12N4/c13-12(11-5-1-2-7-15-11)16-9-10-4-3-6-14-8-10/h1-8H,9H2,(H2,13,16). The van der Waals surface area contributed by atoms with Gasteiger partial charge in [-0.25, -0.2) is 0 Å². The van der Waals surface area contributed by atoms with Gasteiger partial charge in [0.15, 0.2) is 0 Å². The summed E-state index contributed by atoms with van der Waals surface area (Å²) in [6.07, 6.45) is 5.20. The molecule has 2 aromatic heterocycles. The molecule has 0 fully saturated rings. The Balaban J connectivity index is 2.09. The number of nitrogens with zero attached hydrogens (tertiary/aromatic N) is 3. The number of nitrogens with two attached hydrogens (primary N) is 1. The van der Waals surface area contributed by atoms with Crippen molar-refractivity contribution < 1.29 is 0 Å². The van der Waals surface area contributed by atoms with Crippen LogP contribution in [0.1, 0.15) is 11.3 Å². The molecule has 4 heteroatoms. The Kier molecular flexibility index (Phi) is 3.23. The molecule has 2 heterocycles. The molecule has 16 heavy (non-hydrogen) atoms. The lowest BCUT2D eigenvalue weighted by molar-refractivity contribution is 1.04. The summed E-state index contributed by atoms with van der Waals surface area (Å²) in [7, 11) is 0. The van der Waals surface area contributed by atoms with E-state index in [1.54, 1.807) is 18.6 Å². The van der Waals surface area contributed by atoms with E-state index in [1.165, 1.54) is 0 Å².